The van der Waals surface area contributed by atoms with Crippen molar-refractivity contribution in [2.24, 2.45) is 24.8 Å². The van der Waals surface area contributed by atoms with E-state index < -0.39 is 11.9 Å². The lowest BCUT2D eigenvalue weighted by molar-refractivity contribution is -0.160. The summed E-state index contributed by atoms with van der Waals surface area (Å²) in [6.07, 6.45) is 5.35. The Morgan fingerprint density at radius 1 is 0.953 bits per heavy atom. The molecule has 1 N–H and O–H groups in total. The van der Waals surface area contributed by atoms with Crippen molar-refractivity contribution in [3.8, 4) is 11.5 Å². The van der Waals surface area contributed by atoms with Crippen LogP contribution < -0.4 is 4.74 Å². The smallest absolute Gasteiger partial charge is 0.395 e. The number of likely N-dealkylation sites (tertiary alicyclic amines) is 1. The number of carbonyl (C=O) groups is 2. The van der Waals surface area contributed by atoms with Crippen LogP contribution in [-0.4, -0.2) is 56.1 Å². The van der Waals surface area contributed by atoms with Gasteiger partial charge in [-0.1, -0.05) is 25.3 Å². The molecule has 0 spiro atoms. The van der Waals surface area contributed by atoms with Crippen LogP contribution in [0.3, 0.4) is 0 Å². The first-order valence-corrected chi connectivity index (χ1v) is 15.2. The van der Waals surface area contributed by atoms with Crippen LogP contribution in [0.25, 0.3) is 11.0 Å². The third-order valence-electron chi connectivity index (χ3n) is 8.67. The summed E-state index contributed by atoms with van der Waals surface area (Å²) in [5, 5.41) is 18.4. The minimum Gasteiger partial charge on any atom is -0.504 e. The van der Waals surface area contributed by atoms with Crippen LogP contribution in [0, 0.1) is 17.8 Å². The van der Waals surface area contributed by atoms with Gasteiger partial charge in [0.05, 0.1) is 0 Å². The number of alkyl halides is 2. The summed E-state index contributed by atoms with van der Waals surface area (Å²) in [6, 6.07) is 9.52. The third-order valence-corrected chi connectivity index (χ3v) is 8.67. The molecular formula is C32H40F2N4O5. The molecule has 9 nitrogen and oxygen atoms in total. The molecule has 1 saturated carbocycles. The third kappa shape index (κ3) is 8.42. The summed E-state index contributed by atoms with van der Waals surface area (Å²) < 4.78 is 36.3. The number of nitrogens with zero attached hydrogens (tertiary/aromatic N) is 4. The van der Waals surface area contributed by atoms with E-state index in [2.05, 4.69) is 14.9 Å². The van der Waals surface area contributed by atoms with Crippen molar-refractivity contribution in [2.75, 3.05) is 13.1 Å². The number of hydrogen-bond acceptors (Lipinski definition) is 7. The molecule has 232 valence electrons. The van der Waals surface area contributed by atoms with E-state index in [1.165, 1.54) is 23.0 Å². The number of esters is 1. The number of ether oxygens (including phenoxy) is 2. The van der Waals surface area contributed by atoms with Gasteiger partial charge in [0.1, 0.15) is 17.6 Å². The molecule has 5 rings (SSSR count). The number of piperidine rings is 1. The van der Waals surface area contributed by atoms with E-state index in [4.69, 9.17) is 4.74 Å². The quantitative estimate of drug-likeness (QED) is 0.230. The van der Waals surface area contributed by atoms with Crippen molar-refractivity contribution >= 4 is 22.9 Å². The number of hydrogen-bond donors (Lipinski definition) is 1. The van der Waals surface area contributed by atoms with Crippen LogP contribution in [0.2, 0.25) is 0 Å². The molecule has 11 heteroatoms. The highest BCUT2D eigenvalue weighted by atomic mass is 19.3. The van der Waals surface area contributed by atoms with Crippen molar-refractivity contribution in [3.63, 3.8) is 0 Å². The van der Waals surface area contributed by atoms with Crippen molar-refractivity contribution < 1.29 is 33.0 Å². The summed E-state index contributed by atoms with van der Waals surface area (Å²) in [5.74, 6) is 0.478. The number of rotatable bonds is 9. The SMILES string of the molecule is Cn1nc2ccc(C(=O)N3CCC(CC4CCCC(CC(=O)OCc5ccc(O)c(OC(C)(F)F)c5)CC4)CC3)cc2n1. The molecule has 2 heterocycles. The number of phenolic OH excluding ortho intramolecular Hbond substituents is 1. The number of aryl methyl sites for hydroxylation is 1. The number of aromatic hydroxyl groups is 1. The van der Waals surface area contributed by atoms with E-state index in [1.54, 1.807) is 7.05 Å². The Labute approximate surface area is 250 Å². The molecule has 0 bridgehead atoms. The summed E-state index contributed by atoms with van der Waals surface area (Å²) in [7, 11) is 1.77. The molecule has 1 amide bonds. The molecule has 1 saturated heterocycles. The van der Waals surface area contributed by atoms with E-state index >= 15 is 0 Å². The highest BCUT2D eigenvalue weighted by molar-refractivity contribution is 5.97. The Morgan fingerprint density at radius 2 is 1.65 bits per heavy atom. The normalized spacial score (nSPS) is 20.1. The number of aromatic nitrogens is 3. The molecule has 1 aromatic heterocycles. The van der Waals surface area contributed by atoms with Crippen molar-refractivity contribution in [1.82, 2.24) is 19.9 Å². The summed E-state index contributed by atoms with van der Waals surface area (Å²) in [5.41, 5.74) is 2.63. The number of fused-ring (bicyclic) bond motifs is 1. The fraction of sp³-hybridized carbons (Fsp3) is 0.562. The molecule has 2 fully saturated rings. The van der Waals surface area contributed by atoms with Gasteiger partial charge in [-0.3, -0.25) is 9.59 Å². The van der Waals surface area contributed by atoms with Crippen LogP contribution in [-0.2, 0) is 23.2 Å². The van der Waals surface area contributed by atoms with Gasteiger partial charge in [-0.15, -0.1) is 0 Å². The van der Waals surface area contributed by atoms with Gasteiger partial charge in [0.15, 0.2) is 11.5 Å². The Morgan fingerprint density at radius 3 is 2.42 bits per heavy atom. The van der Waals surface area contributed by atoms with Crippen molar-refractivity contribution in [3.05, 3.63) is 47.5 Å². The Balaban J connectivity index is 1.03. The van der Waals surface area contributed by atoms with Gasteiger partial charge in [0, 0.05) is 39.0 Å². The standard InChI is InChI=1S/C32H40F2N4O5/c1-32(33,34)43-29-17-24(8-11-28(29)39)20-42-30(40)18-22-5-3-4-21(6-7-22)16-23-12-14-38(15-13-23)31(41)25-9-10-26-27(19-25)36-37(2)35-26/h8-11,17,19,21-23,39H,3-7,12-16,18,20H2,1-2H3. The second-order valence-electron chi connectivity index (χ2n) is 12.2. The largest absolute Gasteiger partial charge is 0.504 e. The fourth-order valence-corrected chi connectivity index (χ4v) is 6.46. The monoisotopic (exact) mass is 598 g/mol. The van der Waals surface area contributed by atoms with E-state index in [-0.39, 0.29) is 30.2 Å². The van der Waals surface area contributed by atoms with Crippen molar-refractivity contribution in [2.45, 2.75) is 77.4 Å². The topological polar surface area (TPSA) is 107 Å². The minimum atomic E-state index is -3.44. The van der Waals surface area contributed by atoms with E-state index in [0.717, 1.165) is 75.5 Å². The second-order valence-corrected chi connectivity index (χ2v) is 12.2. The summed E-state index contributed by atoms with van der Waals surface area (Å²) >= 11 is 0. The van der Waals surface area contributed by atoms with Crippen LogP contribution in [0.1, 0.15) is 80.6 Å². The first-order valence-electron chi connectivity index (χ1n) is 15.2. The molecule has 1 aliphatic heterocycles. The predicted molar refractivity (Wildman–Crippen MR) is 156 cm³/mol. The summed E-state index contributed by atoms with van der Waals surface area (Å²) in [4.78, 5) is 29.1. The molecule has 1 aliphatic carbocycles. The van der Waals surface area contributed by atoms with E-state index in [9.17, 15) is 23.5 Å². The zero-order valence-electron chi connectivity index (χ0n) is 24.8. The number of amides is 1. The maximum atomic E-state index is 13.2. The van der Waals surface area contributed by atoms with Gasteiger partial charge in [-0.2, -0.15) is 23.8 Å². The average molecular weight is 599 g/mol. The molecule has 2 aromatic carbocycles. The van der Waals surface area contributed by atoms with Gasteiger partial charge in [0.25, 0.3) is 5.91 Å². The van der Waals surface area contributed by atoms with Gasteiger partial charge in [-0.25, -0.2) is 0 Å². The highest BCUT2D eigenvalue weighted by Gasteiger charge is 2.28. The highest BCUT2D eigenvalue weighted by Crippen LogP contribution is 2.36. The summed E-state index contributed by atoms with van der Waals surface area (Å²) in [6.45, 7) is 2.04. The zero-order valence-corrected chi connectivity index (χ0v) is 24.8. The zero-order chi connectivity index (χ0) is 30.6. The molecule has 2 aliphatic rings. The molecule has 3 aromatic rings. The number of carbonyl (C=O) groups excluding carboxylic acids is 2. The van der Waals surface area contributed by atoms with Crippen LogP contribution in [0.5, 0.6) is 11.5 Å². The van der Waals surface area contributed by atoms with Gasteiger partial charge < -0.3 is 19.5 Å². The number of benzene rings is 2. The lowest BCUT2D eigenvalue weighted by Gasteiger charge is -2.33. The Hall–Kier alpha value is -3.76. The van der Waals surface area contributed by atoms with E-state index in [0.29, 0.717) is 36.3 Å². The maximum Gasteiger partial charge on any atom is 0.395 e. The molecule has 0 radical (unpaired) electrons. The molecule has 43 heavy (non-hydrogen) atoms. The lowest BCUT2D eigenvalue weighted by Crippen LogP contribution is -2.38. The maximum absolute atomic E-state index is 13.2. The molecule has 2 unspecified atom stereocenters. The van der Waals surface area contributed by atoms with E-state index in [1.807, 2.05) is 23.1 Å². The van der Waals surface area contributed by atoms with Crippen LogP contribution >= 0.6 is 0 Å². The van der Waals surface area contributed by atoms with Crippen LogP contribution in [0.4, 0.5) is 8.78 Å². The Bertz CT molecular complexity index is 1430. The number of phenols is 1. The predicted octanol–water partition coefficient (Wildman–Crippen LogP) is 6.24. The van der Waals surface area contributed by atoms with Crippen LogP contribution in [0.15, 0.2) is 36.4 Å². The number of halogens is 2. The fourth-order valence-electron chi connectivity index (χ4n) is 6.46. The van der Waals surface area contributed by atoms with Crippen molar-refractivity contribution in [1.29, 1.82) is 0 Å². The van der Waals surface area contributed by atoms with Gasteiger partial charge in [-0.05, 0) is 85.8 Å². The second kappa shape index (κ2) is 13.3. The van der Waals surface area contributed by atoms with Gasteiger partial charge >= 0.3 is 12.1 Å². The molecular weight excluding hydrogens is 558 g/mol. The minimum absolute atomic E-state index is 0.0527. The Kier molecular flexibility index (Phi) is 9.46. The molecule has 2 atom stereocenters. The van der Waals surface area contributed by atoms with Gasteiger partial charge in [0.2, 0.25) is 0 Å². The average Bonchev–Trinajstić information content (AvgIpc) is 3.20. The lowest BCUT2D eigenvalue weighted by atomic mass is 9.83. The first-order chi connectivity index (χ1) is 20.5. The first kappa shape index (κ1) is 30.7.